The molecule has 0 aliphatic carbocycles. The molecule has 0 aromatic rings. The van der Waals surface area contributed by atoms with Gasteiger partial charge in [0.2, 0.25) is 6.29 Å². The molecule has 0 amide bonds. The molecule has 0 N–H and O–H groups in total. The van der Waals surface area contributed by atoms with Crippen molar-refractivity contribution in [3.63, 3.8) is 0 Å². The topological polar surface area (TPSA) is 18.5 Å². The second kappa shape index (κ2) is 7.50. The Morgan fingerprint density at radius 2 is 1.80 bits per heavy atom. The van der Waals surface area contributed by atoms with E-state index < -0.39 is 0 Å². The molecule has 0 fully saturated rings. The molecule has 0 atom stereocenters. The Labute approximate surface area is 83.5 Å². The molecule has 1 aliphatic heterocycles. The Balaban J connectivity index is 0. The molecule has 0 aromatic carbocycles. The van der Waals surface area contributed by atoms with E-state index in [4.69, 9.17) is 9.47 Å². The van der Waals surface area contributed by atoms with Crippen molar-refractivity contribution in [2.24, 2.45) is 0 Å². The van der Waals surface area contributed by atoms with Gasteiger partial charge in [-0.15, -0.1) is 0 Å². The summed E-state index contributed by atoms with van der Waals surface area (Å²) in [6.45, 7) is 3.66. The second-order valence-corrected chi connectivity index (χ2v) is 1.62. The maximum Gasteiger partial charge on any atom is 2.00 e. The van der Waals surface area contributed by atoms with Crippen LogP contribution in [0.3, 0.4) is 0 Å². The Kier molecular flexibility index (Phi) is 9.77. The first-order valence-electron chi connectivity index (χ1n) is 2.68. The van der Waals surface area contributed by atoms with Crippen LogP contribution in [0.15, 0.2) is 12.5 Å². The summed E-state index contributed by atoms with van der Waals surface area (Å²) in [4.78, 5) is 0. The van der Waals surface area contributed by atoms with Crippen LogP contribution in [0.25, 0.3) is 0 Å². The van der Waals surface area contributed by atoms with Crippen molar-refractivity contribution in [1.82, 2.24) is 0 Å². The Hall–Kier alpha value is 0.396. The van der Waals surface area contributed by atoms with E-state index in [1.54, 1.807) is 12.5 Å². The van der Waals surface area contributed by atoms with Gasteiger partial charge in [-0.05, 0) is 6.42 Å². The van der Waals surface area contributed by atoms with E-state index in [1.165, 1.54) is 0 Å². The molecular formula is C6H9ClMgO2. The molecule has 4 heteroatoms. The molecule has 0 spiro atoms. The molecule has 1 heterocycles. The minimum atomic E-state index is -0.0625. The van der Waals surface area contributed by atoms with Gasteiger partial charge in [0.25, 0.3) is 0 Å². The Morgan fingerprint density at radius 1 is 1.30 bits per heavy atom. The zero-order valence-electron chi connectivity index (χ0n) is 5.75. The van der Waals surface area contributed by atoms with Gasteiger partial charge < -0.3 is 28.8 Å². The van der Waals surface area contributed by atoms with Crippen LogP contribution < -0.4 is 12.4 Å². The fourth-order valence-electron chi connectivity index (χ4n) is 0.574. The number of rotatable bonds is 2. The quantitative estimate of drug-likeness (QED) is 0.357. The van der Waals surface area contributed by atoms with Gasteiger partial charge in [-0.1, -0.05) is 0 Å². The summed E-state index contributed by atoms with van der Waals surface area (Å²) in [5, 5.41) is 0. The molecule has 0 unspecified atom stereocenters. The Morgan fingerprint density at radius 3 is 2.20 bits per heavy atom. The first-order valence-corrected chi connectivity index (χ1v) is 2.68. The van der Waals surface area contributed by atoms with Crippen LogP contribution in [-0.2, 0) is 9.47 Å². The van der Waals surface area contributed by atoms with Gasteiger partial charge >= 0.3 is 23.1 Å². The molecule has 0 bridgehead atoms. The van der Waals surface area contributed by atoms with Gasteiger partial charge in [0, 0.05) is 0 Å². The summed E-state index contributed by atoms with van der Waals surface area (Å²) in [6, 6.07) is 0. The summed E-state index contributed by atoms with van der Waals surface area (Å²) >= 11 is 0. The number of hydrogen-bond donors (Lipinski definition) is 0. The summed E-state index contributed by atoms with van der Waals surface area (Å²) in [6.07, 6.45) is 4.77. The van der Waals surface area contributed by atoms with Crippen LogP contribution in [0, 0.1) is 6.92 Å². The molecule has 54 valence electrons. The monoisotopic (exact) mass is 172 g/mol. The van der Waals surface area contributed by atoms with Crippen LogP contribution in [-0.4, -0.2) is 29.3 Å². The fourth-order valence-corrected chi connectivity index (χ4v) is 0.574. The van der Waals surface area contributed by atoms with E-state index in [0.29, 0.717) is 0 Å². The first kappa shape index (κ1) is 13.0. The van der Waals surface area contributed by atoms with E-state index in [2.05, 4.69) is 6.92 Å². The van der Waals surface area contributed by atoms with Gasteiger partial charge in [0.1, 0.15) is 12.5 Å². The molecule has 0 saturated heterocycles. The minimum Gasteiger partial charge on any atom is -1.00 e. The largest absolute Gasteiger partial charge is 2.00 e. The summed E-state index contributed by atoms with van der Waals surface area (Å²) in [5.74, 6) is 0. The van der Waals surface area contributed by atoms with Gasteiger partial charge in [0.15, 0.2) is 0 Å². The smallest absolute Gasteiger partial charge is 1.00 e. The second-order valence-electron chi connectivity index (χ2n) is 1.62. The number of hydrogen-bond acceptors (Lipinski definition) is 2. The van der Waals surface area contributed by atoms with Crippen molar-refractivity contribution >= 4 is 23.1 Å². The molecule has 10 heavy (non-hydrogen) atoms. The molecule has 2 nitrogen and oxygen atoms in total. The van der Waals surface area contributed by atoms with Crippen LogP contribution in [0.5, 0.6) is 0 Å². The zero-order valence-corrected chi connectivity index (χ0v) is 7.93. The van der Waals surface area contributed by atoms with Crippen molar-refractivity contribution in [3.05, 3.63) is 19.4 Å². The number of halogens is 1. The van der Waals surface area contributed by atoms with E-state index >= 15 is 0 Å². The molecule has 0 saturated carbocycles. The summed E-state index contributed by atoms with van der Waals surface area (Å²) in [5.41, 5.74) is 0. The first-order chi connectivity index (χ1) is 3.93. The third-order valence-electron chi connectivity index (χ3n) is 0.956. The van der Waals surface area contributed by atoms with Crippen LogP contribution >= 0.6 is 0 Å². The van der Waals surface area contributed by atoms with Crippen LogP contribution in [0.1, 0.15) is 12.8 Å². The third kappa shape index (κ3) is 4.25. The maximum absolute atomic E-state index is 4.95. The summed E-state index contributed by atoms with van der Waals surface area (Å²) < 4.78 is 9.90. The predicted octanol–water partition coefficient (Wildman–Crippen LogP) is -1.93. The predicted molar refractivity (Wildman–Crippen MR) is 35.4 cm³/mol. The van der Waals surface area contributed by atoms with Crippen molar-refractivity contribution < 1.29 is 21.9 Å². The fraction of sp³-hybridized carbons (Fsp3) is 0.500. The molecule has 0 radical (unpaired) electrons. The SMILES string of the molecule is [CH2-]CCC1OC=CO1.[Cl-].[Mg+2]. The molecule has 0 aromatic heterocycles. The van der Waals surface area contributed by atoms with Crippen molar-refractivity contribution in [2.45, 2.75) is 19.1 Å². The van der Waals surface area contributed by atoms with Gasteiger partial charge in [-0.25, -0.2) is 0 Å². The van der Waals surface area contributed by atoms with Crippen molar-refractivity contribution in [1.29, 1.82) is 0 Å². The Bertz CT molecular complexity index is 89.7. The van der Waals surface area contributed by atoms with Crippen LogP contribution in [0.2, 0.25) is 0 Å². The average Bonchev–Trinajstić information content (AvgIpc) is 2.19. The van der Waals surface area contributed by atoms with Gasteiger partial charge in [0.05, 0.1) is 0 Å². The van der Waals surface area contributed by atoms with E-state index in [-0.39, 0.29) is 41.7 Å². The standard InChI is InChI=1S/C6H9O2.ClH.Mg/c1-2-3-6-7-4-5-8-6;;/h4-6H,1-3H2;1H;/q-1;;+2/p-1. The van der Waals surface area contributed by atoms with Crippen molar-refractivity contribution in [2.75, 3.05) is 0 Å². The molecular weight excluding hydrogens is 164 g/mol. The molecule has 1 aliphatic rings. The average molecular weight is 173 g/mol. The normalized spacial score (nSPS) is 14.5. The number of ether oxygens (including phenoxy) is 2. The van der Waals surface area contributed by atoms with Crippen molar-refractivity contribution in [3.8, 4) is 0 Å². The van der Waals surface area contributed by atoms with Crippen LogP contribution in [0.4, 0.5) is 0 Å². The minimum absolute atomic E-state index is 0. The zero-order chi connectivity index (χ0) is 5.82. The van der Waals surface area contributed by atoms with E-state index in [9.17, 15) is 0 Å². The van der Waals surface area contributed by atoms with Gasteiger partial charge in [-0.3, -0.25) is 0 Å². The van der Waals surface area contributed by atoms with E-state index in [1.807, 2.05) is 0 Å². The van der Waals surface area contributed by atoms with E-state index in [0.717, 1.165) is 12.8 Å². The third-order valence-corrected chi connectivity index (χ3v) is 0.956. The maximum atomic E-state index is 4.95. The summed E-state index contributed by atoms with van der Waals surface area (Å²) in [7, 11) is 0. The van der Waals surface area contributed by atoms with Gasteiger partial charge in [-0.2, -0.15) is 6.42 Å². The molecule has 1 rings (SSSR count).